The molecule has 1 N–H and O–H groups in total. The summed E-state index contributed by atoms with van der Waals surface area (Å²) in [5.41, 5.74) is 3.56. The van der Waals surface area contributed by atoms with Crippen LogP contribution in [0.3, 0.4) is 0 Å². The lowest BCUT2D eigenvalue weighted by Crippen LogP contribution is -2.27. The molecule has 0 unspecified atom stereocenters. The third-order valence-electron chi connectivity index (χ3n) is 5.13. The lowest BCUT2D eigenvalue weighted by Gasteiger charge is -2.22. The lowest BCUT2D eigenvalue weighted by atomic mass is 10.0. The largest absolute Gasteiger partial charge is 0.369 e. The number of nitrogens with one attached hydrogen (secondary N) is 1. The first-order chi connectivity index (χ1) is 14.2. The first-order valence-electron chi connectivity index (χ1n) is 10.0. The van der Waals surface area contributed by atoms with Crippen LogP contribution in [0.25, 0.3) is 11.5 Å². The molecule has 6 heteroatoms. The summed E-state index contributed by atoms with van der Waals surface area (Å²) in [6.45, 7) is 3.96. The molecule has 1 aliphatic rings. The second-order valence-corrected chi connectivity index (χ2v) is 7.28. The zero-order valence-corrected chi connectivity index (χ0v) is 16.6. The molecule has 4 rings (SSSR count). The summed E-state index contributed by atoms with van der Waals surface area (Å²) in [6, 6.07) is 16.3. The number of hydrogen-bond donors (Lipinski definition) is 1. The molecule has 0 saturated carbocycles. The molecular formula is C23H25N5O. The van der Waals surface area contributed by atoms with Crippen molar-refractivity contribution in [2.45, 2.75) is 26.2 Å². The minimum Gasteiger partial charge on any atom is -0.369 e. The molecule has 3 aromatic rings. The van der Waals surface area contributed by atoms with E-state index in [4.69, 9.17) is 4.98 Å². The maximum atomic E-state index is 11.3. The smallest absolute Gasteiger partial charge is 0.182 e. The first-order valence-corrected chi connectivity index (χ1v) is 10.0. The molecule has 0 spiro atoms. The van der Waals surface area contributed by atoms with Gasteiger partial charge in [0.25, 0.3) is 0 Å². The van der Waals surface area contributed by atoms with E-state index in [1.807, 2.05) is 24.3 Å². The van der Waals surface area contributed by atoms with Crippen molar-refractivity contribution in [3.05, 3.63) is 65.9 Å². The molecule has 0 saturated heterocycles. The van der Waals surface area contributed by atoms with Crippen molar-refractivity contribution in [3.63, 3.8) is 0 Å². The van der Waals surface area contributed by atoms with Gasteiger partial charge >= 0.3 is 0 Å². The van der Waals surface area contributed by atoms with E-state index in [-0.39, 0.29) is 5.78 Å². The molecular weight excluding hydrogens is 362 g/mol. The third kappa shape index (κ3) is 4.77. The maximum Gasteiger partial charge on any atom is 0.182 e. The highest BCUT2D eigenvalue weighted by Crippen LogP contribution is 2.24. The standard InChI is InChI=1S/C23H25N5O/c1-17(29)9-13-25-21-16-22(27-23(26-21)20-8-4-5-12-24-20)28-14-10-18-6-2-3-7-19(18)11-15-28/h2-8,12,16H,9-11,13-15H2,1H3,(H,25,26,27). The number of fused-ring (bicyclic) bond motifs is 1. The minimum atomic E-state index is 0.155. The first kappa shape index (κ1) is 19.1. The number of nitrogens with zero attached hydrogens (tertiary/aromatic N) is 4. The van der Waals surface area contributed by atoms with E-state index in [1.54, 1.807) is 13.1 Å². The number of anilines is 2. The number of hydrogen-bond acceptors (Lipinski definition) is 6. The number of benzene rings is 1. The summed E-state index contributed by atoms with van der Waals surface area (Å²) in [7, 11) is 0. The zero-order chi connectivity index (χ0) is 20.1. The van der Waals surface area contributed by atoms with E-state index >= 15 is 0 Å². The van der Waals surface area contributed by atoms with Gasteiger partial charge in [-0.1, -0.05) is 30.3 Å². The van der Waals surface area contributed by atoms with Crippen molar-refractivity contribution in [3.8, 4) is 11.5 Å². The molecule has 0 aliphatic carbocycles. The van der Waals surface area contributed by atoms with E-state index in [1.165, 1.54) is 11.1 Å². The van der Waals surface area contributed by atoms with Gasteiger partial charge in [0.2, 0.25) is 0 Å². The molecule has 1 aliphatic heterocycles. The second-order valence-electron chi connectivity index (χ2n) is 7.28. The number of carbonyl (C=O) groups excluding carboxylic acids is 1. The molecule has 0 radical (unpaired) electrons. The van der Waals surface area contributed by atoms with Gasteiger partial charge < -0.3 is 10.2 Å². The van der Waals surface area contributed by atoms with Crippen molar-refractivity contribution in [1.82, 2.24) is 15.0 Å². The highest BCUT2D eigenvalue weighted by molar-refractivity contribution is 5.76. The number of pyridine rings is 1. The van der Waals surface area contributed by atoms with Gasteiger partial charge in [-0.05, 0) is 43.0 Å². The van der Waals surface area contributed by atoms with Crippen LogP contribution in [0.5, 0.6) is 0 Å². The van der Waals surface area contributed by atoms with E-state index < -0.39 is 0 Å². The fourth-order valence-corrected chi connectivity index (χ4v) is 3.56. The van der Waals surface area contributed by atoms with Crippen LogP contribution in [-0.2, 0) is 17.6 Å². The minimum absolute atomic E-state index is 0.155. The van der Waals surface area contributed by atoms with Gasteiger partial charge in [-0.15, -0.1) is 0 Å². The Labute approximate surface area is 171 Å². The Kier molecular flexibility index (Phi) is 5.79. The summed E-state index contributed by atoms with van der Waals surface area (Å²) in [5, 5.41) is 3.27. The SMILES string of the molecule is CC(=O)CCNc1cc(N2CCc3ccccc3CC2)nc(-c2ccccn2)n1. The van der Waals surface area contributed by atoms with Crippen molar-refractivity contribution < 1.29 is 4.79 Å². The predicted molar refractivity (Wildman–Crippen MR) is 115 cm³/mol. The second kappa shape index (κ2) is 8.82. The summed E-state index contributed by atoms with van der Waals surface area (Å²) in [4.78, 5) is 27.5. The average Bonchev–Trinajstić information content (AvgIpc) is 2.97. The summed E-state index contributed by atoms with van der Waals surface area (Å²) < 4.78 is 0. The summed E-state index contributed by atoms with van der Waals surface area (Å²) in [6.07, 6.45) is 4.20. The van der Waals surface area contributed by atoms with Crippen LogP contribution in [-0.4, -0.2) is 40.4 Å². The van der Waals surface area contributed by atoms with Crippen LogP contribution >= 0.6 is 0 Å². The number of aromatic nitrogens is 3. The van der Waals surface area contributed by atoms with Gasteiger partial charge in [-0.3, -0.25) is 9.78 Å². The Bertz CT molecular complexity index is 963. The molecule has 0 bridgehead atoms. The van der Waals surface area contributed by atoms with Crippen LogP contribution in [0, 0.1) is 0 Å². The molecule has 0 fully saturated rings. The van der Waals surface area contributed by atoms with E-state index in [0.717, 1.165) is 43.3 Å². The van der Waals surface area contributed by atoms with Crippen LogP contribution in [0.2, 0.25) is 0 Å². The Morgan fingerprint density at radius 1 is 1.03 bits per heavy atom. The Morgan fingerprint density at radius 3 is 2.41 bits per heavy atom. The quantitative estimate of drug-likeness (QED) is 0.698. The van der Waals surface area contributed by atoms with E-state index in [2.05, 4.69) is 44.5 Å². The molecule has 6 nitrogen and oxygen atoms in total. The average molecular weight is 387 g/mol. The fourth-order valence-electron chi connectivity index (χ4n) is 3.56. The summed E-state index contributed by atoms with van der Waals surface area (Å²) >= 11 is 0. The molecule has 0 amide bonds. The van der Waals surface area contributed by atoms with Gasteiger partial charge in [-0.25, -0.2) is 9.97 Å². The van der Waals surface area contributed by atoms with Crippen LogP contribution < -0.4 is 10.2 Å². The van der Waals surface area contributed by atoms with Gasteiger partial charge in [-0.2, -0.15) is 0 Å². The number of carbonyl (C=O) groups is 1. The molecule has 1 aromatic carbocycles. The maximum absolute atomic E-state index is 11.3. The molecule has 3 heterocycles. The van der Waals surface area contributed by atoms with Crippen molar-refractivity contribution in [2.24, 2.45) is 0 Å². The Hall–Kier alpha value is -3.28. The topological polar surface area (TPSA) is 71.0 Å². The van der Waals surface area contributed by atoms with Gasteiger partial charge in [0.15, 0.2) is 5.82 Å². The highest BCUT2D eigenvalue weighted by Gasteiger charge is 2.17. The predicted octanol–water partition coefficient (Wildman–Crippen LogP) is 3.53. The summed E-state index contributed by atoms with van der Waals surface area (Å²) in [5.74, 6) is 2.36. The fraction of sp³-hybridized carbons (Fsp3) is 0.304. The van der Waals surface area contributed by atoms with Crippen LogP contribution in [0.15, 0.2) is 54.7 Å². The van der Waals surface area contributed by atoms with Crippen LogP contribution in [0.4, 0.5) is 11.6 Å². The molecule has 2 aromatic heterocycles. The molecule has 148 valence electrons. The highest BCUT2D eigenvalue weighted by atomic mass is 16.1. The lowest BCUT2D eigenvalue weighted by molar-refractivity contribution is -0.116. The molecule has 0 atom stereocenters. The Balaban J connectivity index is 1.62. The van der Waals surface area contributed by atoms with Gasteiger partial charge in [0.05, 0.1) is 0 Å². The van der Waals surface area contributed by atoms with E-state index in [9.17, 15) is 4.79 Å². The normalized spacial score (nSPS) is 13.5. The monoisotopic (exact) mass is 387 g/mol. The zero-order valence-electron chi connectivity index (χ0n) is 16.6. The van der Waals surface area contributed by atoms with Gasteiger partial charge in [0, 0.05) is 38.3 Å². The van der Waals surface area contributed by atoms with Crippen molar-refractivity contribution >= 4 is 17.4 Å². The Morgan fingerprint density at radius 2 is 1.76 bits per heavy atom. The number of Topliss-reactive ketones (excluding diaryl/α,β-unsaturated/α-hetero) is 1. The third-order valence-corrected chi connectivity index (χ3v) is 5.13. The molecule has 29 heavy (non-hydrogen) atoms. The number of rotatable bonds is 6. The van der Waals surface area contributed by atoms with Crippen molar-refractivity contribution in [1.29, 1.82) is 0 Å². The van der Waals surface area contributed by atoms with Crippen LogP contribution in [0.1, 0.15) is 24.5 Å². The van der Waals surface area contributed by atoms with Gasteiger partial charge in [0.1, 0.15) is 23.1 Å². The van der Waals surface area contributed by atoms with Crippen molar-refractivity contribution in [2.75, 3.05) is 29.9 Å². The number of ketones is 1. The van der Waals surface area contributed by atoms with E-state index in [0.29, 0.717) is 18.8 Å².